The normalized spacial score (nSPS) is 23.0. The molecule has 2 fully saturated rings. The third kappa shape index (κ3) is 4.07. The molecule has 2 aliphatic rings. The number of likely N-dealkylation sites (tertiary alicyclic amines) is 1. The second-order valence-electron chi connectivity index (χ2n) is 8.46. The van der Waals surface area contributed by atoms with E-state index in [1.807, 2.05) is 60.4 Å². The molecule has 2 aromatic rings. The Balaban J connectivity index is 1.51. The molecule has 3 atom stereocenters. The molecule has 3 unspecified atom stereocenters. The van der Waals surface area contributed by atoms with Crippen molar-refractivity contribution in [3.05, 3.63) is 65.2 Å². The molecule has 5 nitrogen and oxygen atoms in total. The SMILES string of the molecule is COc1cc(CNC(=O)C2CC3CCCCC3N2C(=O)c2ccccc2)ccc1C. The lowest BCUT2D eigenvalue weighted by molar-refractivity contribution is -0.125. The van der Waals surface area contributed by atoms with E-state index in [1.54, 1.807) is 7.11 Å². The molecule has 1 aliphatic heterocycles. The van der Waals surface area contributed by atoms with E-state index in [0.717, 1.165) is 42.6 Å². The Morgan fingerprint density at radius 1 is 1.10 bits per heavy atom. The van der Waals surface area contributed by atoms with Crippen LogP contribution in [0.25, 0.3) is 0 Å². The molecule has 4 rings (SSSR count). The third-order valence-corrected chi connectivity index (χ3v) is 6.59. The maximum Gasteiger partial charge on any atom is 0.254 e. The highest BCUT2D eigenvalue weighted by atomic mass is 16.5. The van der Waals surface area contributed by atoms with Gasteiger partial charge in [-0.2, -0.15) is 0 Å². The lowest BCUT2D eigenvalue weighted by Crippen LogP contribution is -2.49. The molecule has 0 radical (unpaired) electrons. The van der Waals surface area contributed by atoms with Gasteiger partial charge in [0.15, 0.2) is 0 Å². The van der Waals surface area contributed by atoms with Crippen LogP contribution in [0.2, 0.25) is 0 Å². The number of fused-ring (bicyclic) bond motifs is 1. The number of nitrogens with zero attached hydrogens (tertiary/aromatic N) is 1. The van der Waals surface area contributed by atoms with Gasteiger partial charge in [-0.3, -0.25) is 9.59 Å². The molecule has 1 aliphatic carbocycles. The number of hydrogen-bond donors (Lipinski definition) is 1. The van der Waals surface area contributed by atoms with Crippen molar-refractivity contribution in [3.63, 3.8) is 0 Å². The standard InChI is InChI=1S/C25H30N2O3/c1-17-12-13-18(14-23(17)30-2)16-26-24(28)22-15-20-10-6-7-11-21(20)27(22)25(29)19-8-4-3-5-9-19/h3-5,8-9,12-14,20-22H,6-7,10-11,15-16H2,1-2H3,(H,26,28). The first-order valence-corrected chi connectivity index (χ1v) is 10.9. The van der Waals surface area contributed by atoms with Gasteiger partial charge >= 0.3 is 0 Å². The van der Waals surface area contributed by atoms with Gasteiger partial charge in [-0.25, -0.2) is 0 Å². The minimum Gasteiger partial charge on any atom is -0.496 e. The summed E-state index contributed by atoms with van der Waals surface area (Å²) < 4.78 is 5.39. The highest BCUT2D eigenvalue weighted by Crippen LogP contribution is 2.40. The molecule has 2 amide bonds. The van der Waals surface area contributed by atoms with Crippen molar-refractivity contribution in [2.45, 2.75) is 57.7 Å². The Hall–Kier alpha value is -2.82. The number of hydrogen-bond acceptors (Lipinski definition) is 3. The highest BCUT2D eigenvalue weighted by molar-refractivity contribution is 5.98. The zero-order valence-corrected chi connectivity index (χ0v) is 17.8. The first kappa shape index (κ1) is 20.5. The number of methoxy groups -OCH3 is 1. The van der Waals surface area contributed by atoms with Crippen molar-refractivity contribution in [2.24, 2.45) is 5.92 Å². The summed E-state index contributed by atoms with van der Waals surface area (Å²) in [7, 11) is 1.65. The van der Waals surface area contributed by atoms with E-state index in [-0.39, 0.29) is 17.9 Å². The monoisotopic (exact) mass is 406 g/mol. The van der Waals surface area contributed by atoms with E-state index in [9.17, 15) is 9.59 Å². The number of aryl methyl sites for hydroxylation is 1. The van der Waals surface area contributed by atoms with E-state index in [0.29, 0.717) is 18.0 Å². The summed E-state index contributed by atoms with van der Waals surface area (Å²) in [6.45, 7) is 2.42. The molecular formula is C25H30N2O3. The molecule has 158 valence electrons. The van der Waals surface area contributed by atoms with Gasteiger partial charge in [0.2, 0.25) is 5.91 Å². The number of ether oxygens (including phenoxy) is 1. The Bertz CT molecular complexity index is 912. The molecular weight excluding hydrogens is 376 g/mol. The number of benzene rings is 2. The average Bonchev–Trinajstić information content (AvgIpc) is 3.18. The van der Waals surface area contributed by atoms with Crippen LogP contribution in [0.3, 0.4) is 0 Å². The van der Waals surface area contributed by atoms with E-state index in [1.165, 1.54) is 6.42 Å². The van der Waals surface area contributed by atoms with Crippen LogP contribution < -0.4 is 10.1 Å². The topological polar surface area (TPSA) is 58.6 Å². The van der Waals surface area contributed by atoms with Gasteiger partial charge in [0.1, 0.15) is 11.8 Å². The number of amides is 2. The number of carbonyl (C=O) groups excluding carboxylic acids is 2. The van der Waals surface area contributed by atoms with Gasteiger partial charge in [-0.05, 0) is 61.4 Å². The van der Waals surface area contributed by atoms with Crippen LogP contribution in [0, 0.1) is 12.8 Å². The van der Waals surface area contributed by atoms with Crippen LogP contribution in [0.15, 0.2) is 48.5 Å². The average molecular weight is 407 g/mol. The first-order valence-electron chi connectivity index (χ1n) is 10.9. The molecule has 1 heterocycles. The molecule has 0 bridgehead atoms. The van der Waals surface area contributed by atoms with E-state index in [2.05, 4.69) is 5.32 Å². The van der Waals surface area contributed by atoms with Crippen LogP contribution in [0.5, 0.6) is 5.75 Å². The Morgan fingerprint density at radius 3 is 2.63 bits per heavy atom. The van der Waals surface area contributed by atoms with Crippen molar-refractivity contribution in [1.29, 1.82) is 0 Å². The largest absolute Gasteiger partial charge is 0.496 e. The maximum absolute atomic E-state index is 13.3. The van der Waals surface area contributed by atoms with Gasteiger partial charge < -0.3 is 15.0 Å². The van der Waals surface area contributed by atoms with Gasteiger partial charge in [0.05, 0.1) is 7.11 Å². The fourth-order valence-electron chi connectivity index (χ4n) is 5.00. The zero-order chi connectivity index (χ0) is 21.1. The summed E-state index contributed by atoms with van der Waals surface area (Å²) in [6.07, 6.45) is 5.15. The molecule has 30 heavy (non-hydrogen) atoms. The number of nitrogens with one attached hydrogen (secondary N) is 1. The predicted molar refractivity (Wildman–Crippen MR) is 116 cm³/mol. The zero-order valence-electron chi connectivity index (χ0n) is 17.8. The second-order valence-corrected chi connectivity index (χ2v) is 8.46. The van der Waals surface area contributed by atoms with E-state index >= 15 is 0 Å². The van der Waals surface area contributed by atoms with E-state index < -0.39 is 6.04 Å². The third-order valence-electron chi connectivity index (χ3n) is 6.59. The lowest BCUT2D eigenvalue weighted by Gasteiger charge is -2.33. The summed E-state index contributed by atoms with van der Waals surface area (Å²) in [5, 5.41) is 3.07. The Kier molecular flexibility index (Phi) is 6.07. The predicted octanol–water partition coefficient (Wildman–Crippen LogP) is 4.09. The Morgan fingerprint density at radius 2 is 1.87 bits per heavy atom. The fourth-order valence-corrected chi connectivity index (χ4v) is 5.00. The number of carbonyl (C=O) groups is 2. The van der Waals surface area contributed by atoms with Crippen LogP contribution >= 0.6 is 0 Å². The molecule has 2 aromatic carbocycles. The lowest BCUT2D eigenvalue weighted by atomic mass is 9.84. The minimum absolute atomic E-state index is 0.0258. The van der Waals surface area contributed by atoms with Gasteiger partial charge in [-0.1, -0.05) is 43.2 Å². The Labute approximate surface area is 178 Å². The number of rotatable bonds is 5. The summed E-state index contributed by atoms with van der Waals surface area (Å²) in [4.78, 5) is 28.4. The van der Waals surface area contributed by atoms with Crippen molar-refractivity contribution in [3.8, 4) is 5.75 Å². The van der Waals surface area contributed by atoms with Crippen LogP contribution in [0.4, 0.5) is 0 Å². The minimum atomic E-state index is -0.404. The molecule has 0 aromatic heterocycles. The smallest absolute Gasteiger partial charge is 0.254 e. The van der Waals surface area contributed by atoms with Crippen LogP contribution in [-0.2, 0) is 11.3 Å². The van der Waals surface area contributed by atoms with Crippen molar-refractivity contribution in [2.75, 3.05) is 7.11 Å². The summed E-state index contributed by atoms with van der Waals surface area (Å²) in [5.41, 5.74) is 2.71. The molecule has 1 N–H and O–H groups in total. The van der Waals surface area contributed by atoms with Crippen molar-refractivity contribution >= 4 is 11.8 Å². The molecule has 1 saturated carbocycles. The van der Waals surface area contributed by atoms with Crippen molar-refractivity contribution < 1.29 is 14.3 Å². The maximum atomic E-state index is 13.3. The van der Waals surface area contributed by atoms with Gasteiger partial charge in [0.25, 0.3) is 5.91 Å². The molecule has 1 saturated heterocycles. The second kappa shape index (κ2) is 8.90. The fraction of sp³-hybridized carbons (Fsp3) is 0.440. The van der Waals surface area contributed by atoms with Gasteiger partial charge in [-0.15, -0.1) is 0 Å². The quantitative estimate of drug-likeness (QED) is 0.814. The van der Waals surface area contributed by atoms with Crippen LogP contribution in [-0.4, -0.2) is 35.9 Å². The van der Waals surface area contributed by atoms with Gasteiger partial charge in [0, 0.05) is 18.2 Å². The highest BCUT2D eigenvalue weighted by Gasteiger charge is 2.47. The first-order chi connectivity index (χ1) is 14.6. The summed E-state index contributed by atoms with van der Waals surface area (Å²) in [5.74, 6) is 1.14. The molecule has 5 heteroatoms. The van der Waals surface area contributed by atoms with E-state index in [4.69, 9.17) is 4.74 Å². The summed E-state index contributed by atoms with van der Waals surface area (Å²) in [6, 6.07) is 15.1. The van der Waals surface area contributed by atoms with Crippen LogP contribution in [0.1, 0.15) is 53.6 Å². The summed E-state index contributed by atoms with van der Waals surface area (Å²) >= 11 is 0. The molecule has 0 spiro atoms. The van der Waals surface area contributed by atoms with Crippen molar-refractivity contribution in [1.82, 2.24) is 10.2 Å².